The van der Waals surface area contributed by atoms with Crippen molar-refractivity contribution in [3.63, 3.8) is 0 Å². The minimum atomic E-state index is 0.811. The Bertz CT molecular complexity index is 383. The minimum absolute atomic E-state index is 0.811. The number of anilines is 1. The Labute approximate surface area is 103 Å². The van der Waals surface area contributed by atoms with Crippen LogP contribution in [0.25, 0.3) is 0 Å². The minimum Gasteiger partial charge on any atom is -0.370 e. The molecule has 2 aliphatic rings. The van der Waals surface area contributed by atoms with Crippen LogP contribution in [-0.2, 0) is 12.8 Å². The quantitative estimate of drug-likeness (QED) is 0.835. The molecular formula is C14H21N3. The Morgan fingerprint density at radius 1 is 1.24 bits per heavy atom. The number of hydrogen-bond donors (Lipinski definition) is 2. The number of nitrogens with zero attached hydrogens (tertiary/aromatic N) is 1. The van der Waals surface area contributed by atoms with Gasteiger partial charge in [0.25, 0.3) is 0 Å². The summed E-state index contributed by atoms with van der Waals surface area (Å²) in [4.78, 5) is 4.71. The average molecular weight is 231 g/mol. The molecule has 2 N–H and O–H groups in total. The number of pyridine rings is 1. The zero-order chi connectivity index (χ0) is 11.5. The van der Waals surface area contributed by atoms with Gasteiger partial charge in [0.1, 0.15) is 5.82 Å². The maximum Gasteiger partial charge on any atom is 0.126 e. The summed E-state index contributed by atoms with van der Waals surface area (Å²) in [7, 11) is 0. The van der Waals surface area contributed by atoms with Crippen molar-refractivity contribution in [3.8, 4) is 0 Å². The van der Waals surface area contributed by atoms with Crippen molar-refractivity contribution >= 4 is 5.82 Å². The van der Waals surface area contributed by atoms with Crippen LogP contribution in [0.1, 0.15) is 30.5 Å². The molecule has 1 aliphatic heterocycles. The van der Waals surface area contributed by atoms with Gasteiger partial charge in [-0.1, -0.05) is 6.07 Å². The first-order valence-corrected chi connectivity index (χ1v) is 6.85. The van der Waals surface area contributed by atoms with Gasteiger partial charge in [-0.05, 0) is 62.7 Å². The molecule has 17 heavy (non-hydrogen) atoms. The lowest BCUT2D eigenvalue weighted by atomic mass is 9.98. The van der Waals surface area contributed by atoms with E-state index >= 15 is 0 Å². The number of rotatable bonds is 3. The first-order chi connectivity index (χ1) is 8.42. The van der Waals surface area contributed by atoms with Crippen molar-refractivity contribution in [1.29, 1.82) is 0 Å². The van der Waals surface area contributed by atoms with E-state index in [-0.39, 0.29) is 0 Å². The molecule has 0 amide bonds. The first kappa shape index (κ1) is 11.0. The van der Waals surface area contributed by atoms with Gasteiger partial charge < -0.3 is 10.6 Å². The predicted octanol–water partition coefficient (Wildman–Crippen LogP) is 1.98. The highest BCUT2D eigenvalue weighted by Crippen LogP contribution is 2.22. The maximum absolute atomic E-state index is 4.71. The molecule has 1 fully saturated rings. The van der Waals surface area contributed by atoms with E-state index in [9.17, 15) is 0 Å². The smallest absolute Gasteiger partial charge is 0.126 e. The van der Waals surface area contributed by atoms with Crippen LogP contribution in [0.3, 0.4) is 0 Å². The van der Waals surface area contributed by atoms with Crippen LogP contribution in [0.5, 0.6) is 0 Å². The zero-order valence-electron chi connectivity index (χ0n) is 10.3. The van der Waals surface area contributed by atoms with Gasteiger partial charge in [-0.3, -0.25) is 0 Å². The van der Waals surface area contributed by atoms with Crippen molar-refractivity contribution < 1.29 is 0 Å². The lowest BCUT2D eigenvalue weighted by Crippen LogP contribution is -2.31. The third-order valence-electron chi connectivity index (χ3n) is 3.96. The van der Waals surface area contributed by atoms with Crippen molar-refractivity contribution in [3.05, 3.63) is 23.4 Å². The highest BCUT2D eigenvalue weighted by atomic mass is 15.0. The van der Waals surface area contributed by atoms with Gasteiger partial charge in [0.05, 0.1) is 0 Å². The van der Waals surface area contributed by atoms with E-state index in [1.165, 1.54) is 50.0 Å². The lowest BCUT2D eigenvalue weighted by Gasteiger charge is -2.23. The summed E-state index contributed by atoms with van der Waals surface area (Å²) < 4.78 is 0. The van der Waals surface area contributed by atoms with Gasteiger partial charge in [0.15, 0.2) is 0 Å². The lowest BCUT2D eigenvalue weighted by molar-refractivity contribution is 0.389. The van der Waals surface area contributed by atoms with E-state index < -0.39 is 0 Å². The number of piperidine rings is 1. The van der Waals surface area contributed by atoms with Crippen LogP contribution in [0.2, 0.25) is 0 Å². The SMILES string of the molecule is c1cc2c(nc1NCC1CCNCC1)CCC2. The van der Waals surface area contributed by atoms with Crippen molar-refractivity contribution in [2.24, 2.45) is 5.92 Å². The predicted molar refractivity (Wildman–Crippen MR) is 70.3 cm³/mol. The van der Waals surface area contributed by atoms with E-state index in [4.69, 9.17) is 4.98 Å². The Morgan fingerprint density at radius 3 is 3.00 bits per heavy atom. The molecule has 0 radical (unpaired) electrons. The van der Waals surface area contributed by atoms with Crippen molar-refractivity contribution in [1.82, 2.24) is 10.3 Å². The standard InChI is InChI=1S/C14H21N3/c1-2-12-4-5-14(17-13(12)3-1)16-10-11-6-8-15-9-7-11/h4-5,11,15H,1-3,6-10H2,(H,16,17). The van der Waals surface area contributed by atoms with E-state index in [1.54, 1.807) is 0 Å². The van der Waals surface area contributed by atoms with Crippen LogP contribution in [0, 0.1) is 5.92 Å². The third-order valence-corrected chi connectivity index (χ3v) is 3.96. The van der Waals surface area contributed by atoms with Crippen LogP contribution in [0.4, 0.5) is 5.82 Å². The molecule has 3 rings (SSSR count). The molecule has 1 aromatic heterocycles. The van der Waals surface area contributed by atoms with E-state index in [0.717, 1.165) is 24.7 Å². The molecule has 3 heteroatoms. The van der Waals surface area contributed by atoms with E-state index in [2.05, 4.69) is 22.8 Å². The maximum atomic E-state index is 4.71. The van der Waals surface area contributed by atoms with Crippen molar-refractivity contribution in [2.75, 3.05) is 25.0 Å². The van der Waals surface area contributed by atoms with E-state index in [1.807, 2.05) is 0 Å². The van der Waals surface area contributed by atoms with Crippen LogP contribution in [0.15, 0.2) is 12.1 Å². The number of aryl methyl sites for hydroxylation is 2. The van der Waals surface area contributed by atoms with Crippen molar-refractivity contribution in [2.45, 2.75) is 32.1 Å². The molecule has 1 saturated heterocycles. The second-order valence-electron chi connectivity index (χ2n) is 5.23. The molecule has 0 saturated carbocycles. The number of aromatic nitrogens is 1. The largest absolute Gasteiger partial charge is 0.370 e. The zero-order valence-corrected chi connectivity index (χ0v) is 10.3. The molecule has 2 heterocycles. The first-order valence-electron chi connectivity index (χ1n) is 6.85. The third kappa shape index (κ3) is 2.60. The van der Waals surface area contributed by atoms with Gasteiger partial charge in [-0.25, -0.2) is 4.98 Å². The number of fused-ring (bicyclic) bond motifs is 1. The van der Waals surface area contributed by atoms with Crippen LogP contribution >= 0.6 is 0 Å². The topological polar surface area (TPSA) is 37.0 Å². The van der Waals surface area contributed by atoms with E-state index in [0.29, 0.717) is 0 Å². The summed E-state index contributed by atoms with van der Waals surface area (Å²) in [5.41, 5.74) is 2.78. The normalized spacial score (nSPS) is 20.2. The average Bonchev–Trinajstić information content (AvgIpc) is 2.85. The van der Waals surface area contributed by atoms with Gasteiger partial charge in [-0.2, -0.15) is 0 Å². The van der Waals surface area contributed by atoms with Gasteiger partial charge in [0, 0.05) is 12.2 Å². The highest BCUT2D eigenvalue weighted by Gasteiger charge is 2.14. The fraction of sp³-hybridized carbons (Fsp3) is 0.643. The molecule has 1 aliphatic carbocycles. The molecule has 1 aromatic rings. The Kier molecular flexibility index (Phi) is 3.27. The van der Waals surface area contributed by atoms with Crippen LogP contribution < -0.4 is 10.6 Å². The molecule has 0 bridgehead atoms. The highest BCUT2D eigenvalue weighted by molar-refractivity contribution is 5.40. The summed E-state index contributed by atoms with van der Waals surface area (Å²) in [5, 5.41) is 6.91. The van der Waals surface area contributed by atoms with Crippen LogP contribution in [-0.4, -0.2) is 24.6 Å². The van der Waals surface area contributed by atoms with Gasteiger partial charge >= 0.3 is 0 Å². The Morgan fingerprint density at radius 2 is 2.12 bits per heavy atom. The molecule has 0 spiro atoms. The molecule has 0 aromatic carbocycles. The summed E-state index contributed by atoms with van der Waals surface area (Å²) in [5.74, 6) is 1.88. The molecule has 0 atom stereocenters. The Balaban J connectivity index is 1.57. The van der Waals surface area contributed by atoms with Gasteiger partial charge in [0.2, 0.25) is 0 Å². The molecule has 3 nitrogen and oxygen atoms in total. The Hall–Kier alpha value is -1.09. The summed E-state index contributed by atoms with van der Waals surface area (Å²) >= 11 is 0. The molecule has 0 unspecified atom stereocenters. The molecule has 92 valence electrons. The fourth-order valence-electron chi connectivity index (χ4n) is 2.85. The summed E-state index contributed by atoms with van der Waals surface area (Å²) in [6, 6.07) is 4.39. The summed E-state index contributed by atoms with van der Waals surface area (Å²) in [6.45, 7) is 3.42. The fourth-order valence-corrected chi connectivity index (χ4v) is 2.85. The monoisotopic (exact) mass is 231 g/mol. The second-order valence-corrected chi connectivity index (χ2v) is 5.23. The van der Waals surface area contributed by atoms with Gasteiger partial charge in [-0.15, -0.1) is 0 Å². The second kappa shape index (κ2) is 5.05. The number of nitrogens with one attached hydrogen (secondary N) is 2. The summed E-state index contributed by atoms with van der Waals surface area (Å²) in [6.07, 6.45) is 6.24. The number of hydrogen-bond acceptors (Lipinski definition) is 3. The molecular weight excluding hydrogens is 210 g/mol.